The van der Waals surface area contributed by atoms with Crippen LogP contribution in [-0.4, -0.2) is 23.7 Å². The van der Waals surface area contributed by atoms with E-state index in [9.17, 15) is 4.79 Å². The fraction of sp³-hybridized carbons (Fsp3) is 0.600. The first kappa shape index (κ1) is 11.7. The molecule has 5 nitrogen and oxygen atoms in total. The normalized spacial score (nSPS) is 10.7. The van der Waals surface area contributed by atoms with E-state index in [0.717, 1.165) is 5.69 Å². The SMILES string of the molecule is Cc1cc(CNC(=O)CNC(C)C)on1. The lowest BCUT2D eigenvalue weighted by molar-refractivity contribution is -0.120. The van der Waals surface area contributed by atoms with E-state index in [0.29, 0.717) is 24.9 Å². The second-order valence-corrected chi connectivity index (χ2v) is 3.75. The summed E-state index contributed by atoms with van der Waals surface area (Å²) < 4.78 is 4.96. The molecule has 84 valence electrons. The van der Waals surface area contributed by atoms with E-state index in [-0.39, 0.29) is 5.91 Å². The van der Waals surface area contributed by atoms with Gasteiger partial charge in [-0.2, -0.15) is 0 Å². The van der Waals surface area contributed by atoms with Crippen LogP contribution in [0.25, 0.3) is 0 Å². The van der Waals surface area contributed by atoms with Gasteiger partial charge in [-0.1, -0.05) is 19.0 Å². The van der Waals surface area contributed by atoms with E-state index >= 15 is 0 Å². The van der Waals surface area contributed by atoms with E-state index in [2.05, 4.69) is 15.8 Å². The number of amides is 1. The summed E-state index contributed by atoms with van der Waals surface area (Å²) in [5, 5.41) is 9.49. The maximum Gasteiger partial charge on any atom is 0.234 e. The fourth-order valence-electron chi connectivity index (χ4n) is 1.04. The molecule has 1 rings (SSSR count). The van der Waals surface area contributed by atoms with Crippen LogP contribution in [0.15, 0.2) is 10.6 Å². The summed E-state index contributed by atoms with van der Waals surface area (Å²) in [7, 11) is 0. The van der Waals surface area contributed by atoms with Crippen LogP contribution in [0.2, 0.25) is 0 Å². The van der Waals surface area contributed by atoms with Gasteiger partial charge < -0.3 is 15.2 Å². The zero-order chi connectivity index (χ0) is 11.3. The van der Waals surface area contributed by atoms with Crippen molar-refractivity contribution < 1.29 is 9.32 Å². The standard InChI is InChI=1S/C10H17N3O2/c1-7(2)11-6-10(14)12-5-9-4-8(3)13-15-9/h4,7,11H,5-6H2,1-3H3,(H,12,14). The van der Waals surface area contributed by atoms with Crippen LogP contribution in [-0.2, 0) is 11.3 Å². The van der Waals surface area contributed by atoms with Gasteiger partial charge in [-0.05, 0) is 6.92 Å². The Morgan fingerprint density at radius 1 is 1.60 bits per heavy atom. The molecule has 0 saturated heterocycles. The van der Waals surface area contributed by atoms with E-state index in [4.69, 9.17) is 4.52 Å². The predicted molar refractivity (Wildman–Crippen MR) is 56.2 cm³/mol. The molecule has 1 heterocycles. The molecule has 15 heavy (non-hydrogen) atoms. The van der Waals surface area contributed by atoms with Crippen molar-refractivity contribution >= 4 is 5.91 Å². The third-order valence-corrected chi connectivity index (χ3v) is 1.81. The third-order valence-electron chi connectivity index (χ3n) is 1.81. The monoisotopic (exact) mass is 211 g/mol. The first-order valence-electron chi connectivity index (χ1n) is 5.00. The number of nitrogens with one attached hydrogen (secondary N) is 2. The minimum atomic E-state index is -0.0437. The number of aryl methyl sites for hydroxylation is 1. The highest BCUT2D eigenvalue weighted by Gasteiger charge is 2.04. The van der Waals surface area contributed by atoms with Crippen molar-refractivity contribution in [2.24, 2.45) is 0 Å². The summed E-state index contributed by atoms with van der Waals surface area (Å²) in [6.07, 6.45) is 0. The average Bonchev–Trinajstić information content (AvgIpc) is 2.58. The Morgan fingerprint density at radius 2 is 2.33 bits per heavy atom. The molecule has 0 fully saturated rings. The van der Waals surface area contributed by atoms with Gasteiger partial charge in [0.15, 0.2) is 5.76 Å². The lowest BCUT2D eigenvalue weighted by Gasteiger charge is -2.07. The van der Waals surface area contributed by atoms with E-state index < -0.39 is 0 Å². The minimum absolute atomic E-state index is 0.0437. The van der Waals surface area contributed by atoms with Crippen LogP contribution in [0.4, 0.5) is 0 Å². The summed E-state index contributed by atoms with van der Waals surface area (Å²) in [4.78, 5) is 11.3. The molecular formula is C10H17N3O2. The number of hydrogen-bond donors (Lipinski definition) is 2. The average molecular weight is 211 g/mol. The second-order valence-electron chi connectivity index (χ2n) is 3.75. The van der Waals surface area contributed by atoms with Crippen molar-refractivity contribution in [3.63, 3.8) is 0 Å². The Hall–Kier alpha value is -1.36. The quantitative estimate of drug-likeness (QED) is 0.748. The van der Waals surface area contributed by atoms with E-state index in [1.54, 1.807) is 6.07 Å². The number of carbonyl (C=O) groups is 1. The van der Waals surface area contributed by atoms with Gasteiger partial charge in [0.2, 0.25) is 5.91 Å². The lowest BCUT2D eigenvalue weighted by Crippen LogP contribution is -2.36. The van der Waals surface area contributed by atoms with Crippen LogP contribution in [0.5, 0.6) is 0 Å². The Balaban J connectivity index is 2.22. The molecule has 0 unspecified atom stereocenters. The summed E-state index contributed by atoms with van der Waals surface area (Å²) in [6, 6.07) is 2.11. The number of carbonyl (C=O) groups excluding carboxylic acids is 1. The Kier molecular flexibility index (Phi) is 4.30. The van der Waals surface area contributed by atoms with Crippen LogP contribution < -0.4 is 10.6 Å². The molecule has 0 bridgehead atoms. The molecule has 0 aliphatic rings. The fourth-order valence-corrected chi connectivity index (χ4v) is 1.04. The molecule has 0 saturated carbocycles. The highest BCUT2D eigenvalue weighted by Crippen LogP contribution is 2.00. The molecule has 2 N–H and O–H groups in total. The van der Waals surface area contributed by atoms with Crippen molar-refractivity contribution in [1.29, 1.82) is 0 Å². The van der Waals surface area contributed by atoms with Gasteiger partial charge in [0, 0.05) is 12.1 Å². The molecule has 0 radical (unpaired) electrons. The van der Waals surface area contributed by atoms with Gasteiger partial charge >= 0.3 is 0 Å². The van der Waals surface area contributed by atoms with Gasteiger partial charge in [-0.15, -0.1) is 0 Å². The molecule has 0 aliphatic heterocycles. The van der Waals surface area contributed by atoms with Crippen LogP contribution in [0.3, 0.4) is 0 Å². The summed E-state index contributed by atoms with van der Waals surface area (Å²) in [6.45, 7) is 6.54. The van der Waals surface area contributed by atoms with Crippen LogP contribution in [0.1, 0.15) is 25.3 Å². The van der Waals surface area contributed by atoms with Gasteiger partial charge in [0.1, 0.15) is 0 Å². The van der Waals surface area contributed by atoms with Gasteiger partial charge in [0.25, 0.3) is 0 Å². The van der Waals surface area contributed by atoms with E-state index in [1.807, 2.05) is 20.8 Å². The summed E-state index contributed by atoms with van der Waals surface area (Å²) in [5.41, 5.74) is 0.819. The van der Waals surface area contributed by atoms with Crippen LogP contribution in [0, 0.1) is 6.92 Å². The maximum atomic E-state index is 11.3. The van der Waals surface area contributed by atoms with Gasteiger partial charge in [0.05, 0.1) is 18.8 Å². The summed E-state index contributed by atoms with van der Waals surface area (Å²) in [5.74, 6) is 0.628. The van der Waals surface area contributed by atoms with Crippen LogP contribution >= 0.6 is 0 Å². The molecule has 5 heteroatoms. The van der Waals surface area contributed by atoms with Crippen molar-refractivity contribution in [3.8, 4) is 0 Å². The van der Waals surface area contributed by atoms with Gasteiger partial charge in [-0.25, -0.2) is 0 Å². The molecular weight excluding hydrogens is 194 g/mol. The smallest absolute Gasteiger partial charge is 0.234 e. The van der Waals surface area contributed by atoms with Gasteiger partial charge in [-0.3, -0.25) is 4.79 Å². The first-order chi connectivity index (χ1) is 7.08. The number of hydrogen-bond acceptors (Lipinski definition) is 4. The molecule has 1 aromatic heterocycles. The van der Waals surface area contributed by atoms with Crippen molar-refractivity contribution in [2.75, 3.05) is 6.54 Å². The molecule has 0 atom stereocenters. The van der Waals surface area contributed by atoms with Crippen molar-refractivity contribution in [3.05, 3.63) is 17.5 Å². The Bertz CT molecular complexity index is 320. The highest BCUT2D eigenvalue weighted by atomic mass is 16.5. The molecule has 0 spiro atoms. The molecule has 0 aliphatic carbocycles. The van der Waals surface area contributed by atoms with Crippen molar-refractivity contribution in [2.45, 2.75) is 33.4 Å². The first-order valence-corrected chi connectivity index (χ1v) is 5.00. The zero-order valence-corrected chi connectivity index (χ0v) is 9.33. The zero-order valence-electron chi connectivity index (χ0n) is 9.33. The molecule has 1 aromatic rings. The lowest BCUT2D eigenvalue weighted by atomic mass is 10.3. The number of aromatic nitrogens is 1. The Labute approximate surface area is 89.2 Å². The largest absolute Gasteiger partial charge is 0.359 e. The Morgan fingerprint density at radius 3 is 2.87 bits per heavy atom. The third kappa shape index (κ3) is 4.60. The highest BCUT2D eigenvalue weighted by molar-refractivity contribution is 5.77. The second kappa shape index (κ2) is 5.50. The minimum Gasteiger partial charge on any atom is -0.359 e. The maximum absolute atomic E-state index is 11.3. The van der Waals surface area contributed by atoms with E-state index in [1.165, 1.54) is 0 Å². The van der Waals surface area contributed by atoms with Crippen molar-refractivity contribution in [1.82, 2.24) is 15.8 Å². The molecule has 0 aromatic carbocycles. The predicted octanol–water partition coefficient (Wildman–Crippen LogP) is 0.597. The summed E-state index contributed by atoms with van der Waals surface area (Å²) >= 11 is 0. The molecule has 1 amide bonds. The number of rotatable bonds is 5. The topological polar surface area (TPSA) is 67.2 Å². The number of nitrogens with zero attached hydrogens (tertiary/aromatic N) is 1.